The molecule has 0 radical (unpaired) electrons. The Bertz CT molecular complexity index is 2620. The Morgan fingerprint density at radius 1 is 0.612 bits per heavy atom. The van der Waals surface area contributed by atoms with E-state index in [1.807, 2.05) is 0 Å². The summed E-state index contributed by atoms with van der Waals surface area (Å²) >= 11 is -3.14. The molecule has 36 heteroatoms. The molecule has 0 aliphatic rings. The summed E-state index contributed by atoms with van der Waals surface area (Å²) in [5.74, 6) is -3.19. The number of aromatic nitrogens is 6. The van der Waals surface area contributed by atoms with Crippen LogP contribution >= 0.6 is 0 Å². The van der Waals surface area contributed by atoms with Crippen molar-refractivity contribution in [2.75, 3.05) is 82.8 Å². The molecule has 0 bridgehead atoms. The van der Waals surface area contributed by atoms with Crippen LogP contribution in [0, 0.1) is 0 Å². The van der Waals surface area contributed by atoms with Crippen LogP contribution in [0.15, 0.2) is 41.3 Å². The summed E-state index contributed by atoms with van der Waals surface area (Å²) < 4.78 is 132. The van der Waals surface area contributed by atoms with E-state index < -0.39 is 90.1 Å². The molecule has 3 atom stereocenters. The molecule has 2 aromatic carbocycles. The molecule has 0 fully saturated rings. The number of aliphatic hydroxyl groups excluding tert-OH is 4. The Morgan fingerprint density at radius 2 is 1.03 bits per heavy atom. The minimum absolute atomic E-state index is 0. The van der Waals surface area contributed by atoms with Gasteiger partial charge in [-0.05, 0) is 36.2 Å². The number of hydrogen-bond acceptors (Lipinski definition) is 28. The van der Waals surface area contributed by atoms with Gasteiger partial charge in [0.2, 0.25) is 35.7 Å². The maximum Gasteiger partial charge on any atom is 1.00 e. The Labute approximate surface area is 557 Å². The Hall–Kier alpha value is 1.03. The van der Waals surface area contributed by atoms with Gasteiger partial charge >= 0.3 is 206 Å². The molecule has 0 spiro atoms. The number of aliphatic hydroxyl groups is 4. The predicted molar refractivity (Wildman–Crippen MR) is 219 cm³/mol. The van der Waals surface area contributed by atoms with Crippen LogP contribution in [0.3, 0.4) is 0 Å². The molecule has 28 nitrogen and oxygen atoms in total. The Kier molecular flexibility index (Phi) is 33.6. The van der Waals surface area contributed by atoms with Crippen LogP contribution in [0.1, 0.15) is 17.5 Å². The molecule has 10 N–H and O–H groups in total. The Balaban J connectivity index is 0.0000109. The van der Waals surface area contributed by atoms with Crippen molar-refractivity contribution in [3.8, 4) is 5.75 Å². The van der Waals surface area contributed by atoms with Crippen LogP contribution in [0.5, 0.6) is 5.75 Å². The zero-order chi connectivity index (χ0) is 46.4. The van der Waals surface area contributed by atoms with E-state index in [1.165, 1.54) is 42.5 Å². The molecule has 0 amide bonds. The molecule has 0 aliphatic heterocycles. The van der Waals surface area contributed by atoms with Crippen molar-refractivity contribution >= 4 is 101 Å². The molecule has 0 saturated heterocycles. The maximum atomic E-state index is 12.4. The van der Waals surface area contributed by atoms with Crippen LogP contribution in [-0.2, 0) is 41.7 Å². The third-order valence-corrected chi connectivity index (χ3v) is 10.2. The molecule has 0 aliphatic carbocycles. The summed E-state index contributed by atoms with van der Waals surface area (Å²) in [6.07, 6.45) is 0.183. The van der Waals surface area contributed by atoms with Gasteiger partial charge in [0.25, 0.3) is 0 Å². The van der Waals surface area contributed by atoms with Gasteiger partial charge in [-0.1, -0.05) is 18.2 Å². The fourth-order valence-corrected chi connectivity index (χ4v) is 6.46. The van der Waals surface area contributed by atoms with E-state index in [9.17, 15) is 57.9 Å². The van der Waals surface area contributed by atoms with Gasteiger partial charge in [0, 0.05) is 49.2 Å². The van der Waals surface area contributed by atoms with E-state index >= 15 is 0 Å². The van der Waals surface area contributed by atoms with Crippen LogP contribution in [0.4, 0.5) is 47.1 Å². The molecule has 2 aromatic heterocycles. The van der Waals surface area contributed by atoms with Crippen molar-refractivity contribution in [2.24, 2.45) is 0 Å². The minimum Gasteiger partial charge on any atom is -0.748 e. The molecule has 346 valence electrons. The number of anilines is 8. The fourth-order valence-electron chi connectivity index (χ4n) is 4.77. The molecule has 67 heavy (non-hydrogen) atoms. The largest absolute Gasteiger partial charge is 1.00 e. The maximum absolute atomic E-state index is 12.4. The number of nitrogens with zero attached hydrogens (tertiary/aromatic N) is 6. The average molecular weight is 1120 g/mol. The molecule has 4 rings (SSSR count). The van der Waals surface area contributed by atoms with Crippen LogP contribution < -0.4 is 242 Å². The molecular weight excluding hydrogens is 1080 g/mol. The van der Waals surface area contributed by atoms with E-state index in [4.69, 9.17) is 14.4 Å². The van der Waals surface area contributed by atoms with Gasteiger partial charge in [-0.2, -0.15) is 29.9 Å². The molecular formula is C31H38K4N12O16S4. The number of benzene rings is 2. The molecule has 0 saturated carbocycles. The number of rotatable bonds is 26. The van der Waals surface area contributed by atoms with Gasteiger partial charge in [0.15, 0.2) is 0 Å². The van der Waals surface area contributed by atoms with E-state index in [1.54, 1.807) is 0 Å². The Morgan fingerprint density at radius 3 is 1.48 bits per heavy atom. The third-order valence-electron chi connectivity index (χ3n) is 7.63. The first-order valence-electron chi connectivity index (χ1n) is 17.8. The quantitative estimate of drug-likeness (QED) is 0.0121. The van der Waals surface area contributed by atoms with Crippen molar-refractivity contribution in [2.45, 2.75) is 23.5 Å². The van der Waals surface area contributed by atoms with E-state index in [2.05, 4.69) is 61.8 Å². The van der Waals surface area contributed by atoms with Gasteiger partial charge in [-0.3, -0.25) is 0 Å². The zero-order valence-electron chi connectivity index (χ0n) is 36.1. The second-order valence-electron chi connectivity index (χ2n) is 12.6. The zero-order valence-corrected chi connectivity index (χ0v) is 51.9. The minimum atomic E-state index is -5.21. The van der Waals surface area contributed by atoms with E-state index in [-0.39, 0.29) is 296 Å². The smallest absolute Gasteiger partial charge is 0.748 e. The van der Waals surface area contributed by atoms with Crippen molar-refractivity contribution in [3.05, 3.63) is 47.5 Å². The molecule has 3 unspecified atom stereocenters. The summed E-state index contributed by atoms with van der Waals surface area (Å²) in [6.45, 7) is -2.09. The second-order valence-corrected chi connectivity index (χ2v) is 17.6. The summed E-state index contributed by atoms with van der Waals surface area (Å²) in [5, 5.41) is 53.5. The van der Waals surface area contributed by atoms with Gasteiger partial charge in [0.1, 0.15) is 27.2 Å². The van der Waals surface area contributed by atoms with Gasteiger partial charge < -0.3 is 74.7 Å². The summed E-state index contributed by atoms with van der Waals surface area (Å²) in [4.78, 5) is 23.7. The van der Waals surface area contributed by atoms with Gasteiger partial charge in [0.05, 0.1) is 62.1 Å². The van der Waals surface area contributed by atoms with Crippen LogP contribution in [0.2, 0.25) is 0 Å². The summed E-state index contributed by atoms with van der Waals surface area (Å²) in [7, 11) is -14.4. The number of hydrogen-bond donors (Lipinski definition) is 10. The second kappa shape index (κ2) is 33.1. The summed E-state index contributed by atoms with van der Waals surface area (Å²) in [6, 6.07) is 7.36. The topological polar surface area (TPSA) is 451 Å². The van der Waals surface area contributed by atoms with Crippen molar-refractivity contribution in [1.82, 2.24) is 29.9 Å². The van der Waals surface area contributed by atoms with Gasteiger partial charge in [-0.25, -0.2) is 29.5 Å². The molecule has 4 aromatic rings. The first-order chi connectivity index (χ1) is 29.6. The SMILES string of the molecule is O=S([O-])Oc1cc(Nc2nc(NCCC(O)CO)nc(NCCS(=O)(=O)[O-])n2)ccc1C=Cc1ccc(Nc2nc(NCCS(=O)(=O)[O-])nc(NCC(O)CO)n2)cc1S(=O)(=O)[O-].[K+].[K+].[K+].[K+]. The van der Waals surface area contributed by atoms with Crippen LogP contribution in [-0.4, -0.2) is 161 Å². The van der Waals surface area contributed by atoms with Crippen molar-refractivity contribution in [1.29, 1.82) is 0 Å². The van der Waals surface area contributed by atoms with Crippen LogP contribution in [0.25, 0.3) is 12.2 Å². The third kappa shape index (κ3) is 26.7. The van der Waals surface area contributed by atoms with Gasteiger partial charge in [-0.15, -0.1) is 0 Å². The normalized spacial score (nSPS) is 12.7. The van der Waals surface area contributed by atoms with E-state index in [0.29, 0.717) is 0 Å². The standard InChI is InChI=1S/C31H42N12O16S4.4K/c44-16-22(46)7-8-32-26-38-27(33-9-11-61(50,51)52)41-30(40-26)36-20-5-3-18(24(13-20)59-60(48)49)1-2-19-4-6-21(14-25(19)63(56,57)58)37-31-42-28(34-10-12-62(53,54)55)39-29(43-31)35-15-23(47)17-45;;;;/h1-6,13-14,22-23,44-47H,7-12,15-17H2,(H,48,49)(H,50,51,52)(H,53,54,55)(H,56,57,58)(H3,32,33,36,38,40,41)(H3,34,35,37,39,42,43);;;;/q;4*+1/p-4. The first kappa shape index (κ1) is 68.0. The van der Waals surface area contributed by atoms with Crippen molar-refractivity contribution in [3.63, 3.8) is 0 Å². The molecule has 2 heterocycles. The average Bonchev–Trinajstić information content (AvgIpc) is 3.18. The first-order valence-corrected chi connectivity index (χ1v) is 23.3. The number of nitrogens with one attached hydrogen (secondary N) is 6. The fraction of sp³-hybridized carbons (Fsp3) is 0.355. The van der Waals surface area contributed by atoms with E-state index in [0.717, 1.165) is 6.07 Å². The summed E-state index contributed by atoms with van der Waals surface area (Å²) in [5.41, 5.74) is -0.0756. The van der Waals surface area contributed by atoms with Crippen molar-refractivity contribution < 1.29 is 278 Å². The monoisotopic (exact) mass is 1120 g/mol. The predicted octanol–water partition coefficient (Wildman–Crippen LogP) is -14.4.